The number of hydrogen-bond acceptors (Lipinski definition) is 5. The molecular formula is C12H20N4O. The zero-order chi connectivity index (χ0) is 12.1. The van der Waals surface area contributed by atoms with Gasteiger partial charge in [0.2, 0.25) is 5.88 Å². The largest absolute Gasteiger partial charge is 0.476 e. The molecule has 0 aromatic carbocycles. The Kier molecular flexibility index (Phi) is 4.14. The summed E-state index contributed by atoms with van der Waals surface area (Å²) < 4.78 is 5.42. The number of nitrogens with two attached hydrogens (primary N) is 1. The third-order valence-corrected chi connectivity index (χ3v) is 3.09. The van der Waals surface area contributed by atoms with Crippen LogP contribution in [0.25, 0.3) is 0 Å². The number of hydrogen-bond donors (Lipinski definition) is 1. The molecule has 2 heterocycles. The monoisotopic (exact) mass is 236 g/mol. The number of anilines is 1. The van der Waals surface area contributed by atoms with Crippen molar-refractivity contribution < 1.29 is 4.74 Å². The summed E-state index contributed by atoms with van der Waals surface area (Å²) in [6.07, 6.45) is 5.32. The van der Waals surface area contributed by atoms with Crippen LogP contribution < -0.4 is 15.4 Å². The van der Waals surface area contributed by atoms with Crippen LogP contribution in [0.3, 0.4) is 0 Å². The van der Waals surface area contributed by atoms with Gasteiger partial charge in [0, 0.05) is 25.2 Å². The molecule has 1 aromatic rings. The lowest BCUT2D eigenvalue weighted by atomic mass is 10.0. The molecule has 2 N–H and O–H groups in total. The van der Waals surface area contributed by atoms with Crippen LogP contribution in [0.2, 0.25) is 0 Å². The fourth-order valence-corrected chi connectivity index (χ4v) is 2.17. The van der Waals surface area contributed by atoms with E-state index in [-0.39, 0.29) is 0 Å². The van der Waals surface area contributed by atoms with Crippen LogP contribution in [0.1, 0.15) is 26.2 Å². The fourth-order valence-electron chi connectivity index (χ4n) is 2.17. The Morgan fingerprint density at radius 3 is 3.12 bits per heavy atom. The van der Waals surface area contributed by atoms with Gasteiger partial charge in [-0.3, -0.25) is 0 Å². The first-order valence-corrected chi connectivity index (χ1v) is 6.23. The number of ether oxygens (including phenoxy) is 1. The van der Waals surface area contributed by atoms with Gasteiger partial charge in [-0.2, -0.15) is 0 Å². The number of aromatic nitrogens is 2. The van der Waals surface area contributed by atoms with Gasteiger partial charge in [0.1, 0.15) is 18.8 Å². The molecule has 1 aliphatic heterocycles. The quantitative estimate of drug-likeness (QED) is 0.850. The molecule has 0 saturated carbocycles. The van der Waals surface area contributed by atoms with Crippen molar-refractivity contribution in [1.29, 1.82) is 0 Å². The van der Waals surface area contributed by atoms with Crippen LogP contribution in [0.15, 0.2) is 12.4 Å². The van der Waals surface area contributed by atoms with Crippen molar-refractivity contribution in [2.75, 3.05) is 24.6 Å². The Morgan fingerprint density at radius 1 is 1.47 bits per heavy atom. The van der Waals surface area contributed by atoms with E-state index in [1.54, 1.807) is 6.33 Å². The topological polar surface area (TPSA) is 64.3 Å². The summed E-state index contributed by atoms with van der Waals surface area (Å²) in [6.45, 7) is 4.29. The molecule has 1 atom stereocenters. The number of rotatable bonds is 4. The molecule has 1 aliphatic rings. The normalized spacial score (nSPS) is 20.4. The van der Waals surface area contributed by atoms with E-state index in [9.17, 15) is 0 Å². The molecule has 17 heavy (non-hydrogen) atoms. The highest BCUT2D eigenvalue weighted by Crippen LogP contribution is 2.24. The maximum absolute atomic E-state index is 5.42. The lowest BCUT2D eigenvalue weighted by molar-refractivity contribution is 0.314. The Morgan fingerprint density at radius 2 is 2.35 bits per heavy atom. The molecule has 0 radical (unpaired) electrons. The first-order valence-electron chi connectivity index (χ1n) is 6.23. The first-order chi connectivity index (χ1) is 8.31. The molecule has 1 aromatic heterocycles. The Hall–Kier alpha value is -1.36. The van der Waals surface area contributed by atoms with Gasteiger partial charge in [-0.15, -0.1) is 0 Å². The molecule has 1 fully saturated rings. The van der Waals surface area contributed by atoms with Gasteiger partial charge < -0.3 is 15.4 Å². The maximum atomic E-state index is 5.42. The summed E-state index contributed by atoms with van der Waals surface area (Å²) in [5.41, 5.74) is 5.40. The van der Waals surface area contributed by atoms with Crippen molar-refractivity contribution in [3.05, 3.63) is 12.4 Å². The standard InChI is InChI=1S/C12H20N4O/c1-10-4-2-3-6-16(10)11-8-12(15-9-14-11)17-7-5-13/h8-10H,2-7,13H2,1H3/t10-/m0/s1. The average molecular weight is 236 g/mol. The molecule has 5 heteroatoms. The molecule has 0 amide bonds. The lowest BCUT2D eigenvalue weighted by Gasteiger charge is -2.34. The third kappa shape index (κ3) is 3.06. The molecule has 0 unspecified atom stereocenters. The number of piperidine rings is 1. The van der Waals surface area contributed by atoms with E-state index in [2.05, 4.69) is 21.8 Å². The van der Waals surface area contributed by atoms with Gasteiger partial charge in [0.15, 0.2) is 0 Å². The predicted octanol–water partition coefficient (Wildman–Crippen LogP) is 1.19. The summed E-state index contributed by atoms with van der Waals surface area (Å²) in [5.74, 6) is 1.57. The minimum absolute atomic E-state index is 0.492. The van der Waals surface area contributed by atoms with E-state index in [1.807, 2.05) is 6.07 Å². The van der Waals surface area contributed by atoms with Crippen molar-refractivity contribution in [3.8, 4) is 5.88 Å². The molecule has 2 rings (SSSR count). The minimum Gasteiger partial charge on any atom is -0.476 e. The molecule has 0 spiro atoms. The Labute approximate surface area is 102 Å². The Bertz CT molecular complexity index is 358. The van der Waals surface area contributed by atoms with Crippen LogP contribution in [0.5, 0.6) is 5.88 Å². The molecular weight excluding hydrogens is 216 g/mol. The second kappa shape index (κ2) is 5.82. The second-order valence-corrected chi connectivity index (χ2v) is 4.39. The van der Waals surface area contributed by atoms with Gasteiger partial charge in [0.25, 0.3) is 0 Å². The molecule has 1 saturated heterocycles. The molecule has 0 bridgehead atoms. The zero-order valence-electron chi connectivity index (χ0n) is 10.3. The van der Waals surface area contributed by atoms with Gasteiger partial charge in [-0.05, 0) is 26.2 Å². The van der Waals surface area contributed by atoms with Gasteiger partial charge >= 0.3 is 0 Å². The van der Waals surface area contributed by atoms with Crippen LogP contribution >= 0.6 is 0 Å². The summed E-state index contributed by atoms with van der Waals surface area (Å²) in [6, 6.07) is 2.44. The summed E-state index contributed by atoms with van der Waals surface area (Å²) in [5, 5.41) is 0. The van der Waals surface area contributed by atoms with E-state index in [0.29, 0.717) is 25.1 Å². The van der Waals surface area contributed by atoms with E-state index in [0.717, 1.165) is 12.4 Å². The van der Waals surface area contributed by atoms with E-state index >= 15 is 0 Å². The van der Waals surface area contributed by atoms with Gasteiger partial charge in [-0.25, -0.2) is 9.97 Å². The average Bonchev–Trinajstić information content (AvgIpc) is 2.37. The van der Waals surface area contributed by atoms with Crippen molar-refractivity contribution in [1.82, 2.24) is 9.97 Å². The second-order valence-electron chi connectivity index (χ2n) is 4.39. The van der Waals surface area contributed by atoms with Gasteiger partial charge in [-0.1, -0.05) is 0 Å². The maximum Gasteiger partial charge on any atom is 0.218 e. The summed E-state index contributed by atoms with van der Waals surface area (Å²) >= 11 is 0. The van der Waals surface area contributed by atoms with Crippen LogP contribution in [0, 0.1) is 0 Å². The van der Waals surface area contributed by atoms with Crippen molar-refractivity contribution in [2.45, 2.75) is 32.2 Å². The van der Waals surface area contributed by atoms with Crippen LogP contribution in [-0.2, 0) is 0 Å². The minimum atomic E-state index is 0.492. The third-order valence-electron chi connectivity index (χ3n) is 3.09. The highest BCUT2D eigenvalue weighted by Gasteiger charge is 2.19. The van der Waals surface area contributed by atoms with Crippen molar-refractivity contribution >= 4 is 5.82 Å². The van der Waals surface area contributed by atoms with Crippen molar-refractivity contribution in [3.63, 3.8) is 0 Å². The highest BCUT2D eigenvalue weighted by molar-refractivity contribution is 5.42. The molecule has 5 nitrogen and oxygen atoms in total. The number of nitrogens with zero attached hydrogens (tertiary/aromatic N) is 3. The lowest BCUT2D eigenvalue weighted by Crippen LogP contribution is -2.38. The van der Waals surface area contributed by atoms with E-state index in [1.165, 1.54) is 19.3 Å². The summed E-state index contributed by atoms with van der Waals surface area (Å²) in [7, 11) is 0. The predicted molar refractivity (Wildman–Crippen MR) is 67.2 cm³/mol. The first kappa shape index (κ1) is 12.1. The van der Waals surface area contributed by atoms with Crippen molar-refractivity contribution in [2.24, 2.45) is 5.73 Å². The smallest absolute Gasteiger partial charge is 0.218 e. The zero-order valence-corrected chi connectivity index (χ0v) is 10.3. The molecule has 94 valence electrons. The SMILES string of the molecule is C[C@H]1CCCCN1c1cc(OCCN)ncn1. The fraction of sp³-hybridized carbons (Fsp3) is 0.667. The van der Waals surface area contributed by atoms with E-state index < -0.39 is 0 Å². The van der Waals surface area contributed by atoms with Gasteiger partial charge in [0.05, 0.1) is 0 Å². The van der Waals surface area contributed by atoms with Crippen LogP contribution in [0.4, 0.5) is 5.82 Å². The summed E-state index contributed by atoms with van der Waals surface area (Å²) in [4.78, 5) is 10.7. The van der Waals surface area contributed by atoms with Crippen LogP contribution in [-0.4, -0.2) is 35.7 Å². The molecule has 0 aliphatic carbocycles. The highest BCUT2D eigenvalue weighted by atomic mass is 16.5. The Balaban J connectivity index is 2.08. The van der Waals surface area contributed by atoms with E-state index in [4.69, 9.17) is 10.5 Å².